The zero-order chi connectivity index (χ0) is 27.2. The highest BCUT2D eigenvalue weighted by atomic mass is 16.5. The van der Waals surface area contributed by atoms with Gasteiger partial charge in [-0.05, 0) is 56.6 Å². The van der Waals surface area contributed by atoms with Crippen molar-refractivity contribution in [3.05, 3.63) is 60.2 Å². The average molecular weight is 512 g/mol. The number of hydrogen-bond donors (Lipinski definition) is 4. The first kappa shape index (κ1) is 27.6. The maximum absolute atomic E-state index is 14.2. The smallest absolute Gasteiger partial charge is 0.303 e. The van der Waals surface area contributed by atoms with Gasteiger partial charge in [-0.1, -0.05) is 62.4 Å². The minimum Gasteiger partial charge on any atom is -0.457 e. The molecule has 1 spiro atoms. The number of esters is 1. The van der Waals surface area contributed by atoms with Gasteiger partial charge in [0.1, 0.15) is 11.5 Å². The number of rotatable bonds is 3. The lowest BCUT2D eigenvalue weighted by Gasteiger charge is -2.57. The van der Waals surface area contributed by atoms with Crippen LogP contribution in [0.25, 0.3) is 0 Å². The molecule has 3 aliphatic rings. The third-order valence-electron chi connectivity index (χ3n) is 8.98. The summed E-state index contributed by atoms with van der Waals surface area (Å²) in [5.74, 6) is -2.59. The number of aliphatic hydroxyl groups is 3. The molecule has 4 N–H and O–H groups in total. The molecule has 1 saturated carbocycles. The Morgan fingerprint density at radius 3 is 2.46 bits per heavy atom. The van der Waals surface area contributed by atoms with Crippen LogP contribution in [-0.4, -0.2) is 56.6 Å². The lowest BCUT2D eigenvalue weighted by Crippen LogP contribution is -2.68. The summed E-state index contributed by atoms with van der Waals surface area (Å²) in [6.07, 6.45) is 6.27. The number of ether oxygens (including phenoxy) is 1. The molecule has 7 nitrogen and oxygen atoms in total. The second-order valence-corrected chi connectivity index (χ2v) is 11.9. The van der Waals surface area contributed by atoms with Crippen molar-refractivity contribution < 1.29 is 29.6 Å². The highest BCUT2D eigenvalue weighted by Gasteiger charge is 2.72. The summed E-state index contributed by atoms with van der Waals surface area (Å²) in [5.41, 5.74) is -3.03. The molecule has 1 saturated heterocycles. The molecule has 10 atom stereocenters. The van der Waals surface area contributed by atoms with Crippen LogP contribution in [0.1, 0.15) is 53.0 Å². The van der Waals surface area contributed by atoms with E-state index < -0.39 is 52.5 Å². The van der Waals surface area contributed by atoms with E-state index in [4.69, 9.17) is 4.74 Å². The molecule has 1 aromatic carbocycles. The van der Waals surface area contributed by atoms with E-state index in [-0.39, 0.29) is 17.9 Å². The van der Waals surface area contributed by atoms with Crippen molar-refractivity contribution >= 4 is 11.9 Å². The highest BCUT2D eigenvalue weighted by Crippen LogP contribution is 2.60. The maximum atomic E-state index is 14.2. The van der Waals surface area contributed by atoms with Crippen molar-refractivity contribution in [2.45, 2.75) is 83.3 Å². The van der Waals surface area contributed by atoms with Gasteiger partial charge in [-0.2, -0.15) is 0 Å². The van der Waals surface area contributed by atoms with Gasteiger partial charge in [0.15, 0.2) is 0 Å². The Bertz CT molecular complexity index is 1060. The van der Waals surface area contributed by atoms with Crippen LogP contribution in [-0.2, 0) is 20.7 Å². The average Bonchev–Trinajstić information content (AvgIpc) is 3.08. The Balaban J connectivity index is 1.95. The fourth-order valence-electron chi connectivity index (χ4n) is 7.16. The maximum Gasteiger partial charge on any atom is 0.303 e. The summed E-state index contributed by atoms with van der Waals surface area (Å²) < 4.78 is 5.87. The number of amides is 1. The number of nitrogens with one attached hydrogen (secondary N) is 1. The van der Waals surface area contributed by atoms with Crippen molar-refractivity contribution in [1.29, 1.82) is 0 Å². The predicted molar refractivity (Wildman–Crippen MR) is 140 cm³/mol. The van der Waals surface area contributed by atoms with Crippen LogP contribution in [0.2, 0.25) is 0 Å². The SMILES string of the molecule is CC(=O)O[C@@H]1/C=C/[C@](C)(O)C[C@@H](C)C/C=C/[C@H]2[C@H](O)[C@@](C)(O)[C@@H](C)[C@H]3[C@H](Cc4ccccc4)NC(=O)C312. The van der Waals surface area contributed by atoms with Crippen LogP contribution >= 0.6 is 0 Å². The molecule has 0 aromatic heterocycles. The molecule has 1 aliphatic heterocycles. The molecule has 0 bridgehead atoms. The second-order valence-electron chi connectivity index (χ2n) is 11.9. The molecule has 37 heavy (non-hydrogen) atoms. The molecule has 7 heteroatoms. The molecule has 1 heterocycles. The van der Waals surface area contributed by atoms with E-state index in [1.54, 1.807) is 26.0 Å². The fourth-order valence-corrected chi connectivity index (χ4v) is 7.16. The summed E-state index contributed by atoms with van der Waals surface area (Å²) in [6.45, 7) is 8.50. The van der Waals surface area contributed by atoms with E-state index in [9.17, 15) is 24.9 Å². The zero-order valence-electron chi connectivity index (χ0n) is 22.4. The van der Waals surface area contributed by atoms with Crippen LogP contribution in [0, 0.1) is 29.1 Å². The highest BCUT2D eigenvalue weighted by molar-refractivity contribution is 5.89. The summed E-state index contributed by atoms with van der Waals surface area (Å²) in [4.78, 5) is 26.6. The Hall–Kier alpha value is -2.48. The molecule has 1 unspecified atom stereocenters. The molecular formula is C30H41NO6. The lowest BCUT2D eigenvalue weighted by atomic mass is 9.48. The largest absolute Gasteiger partial charge is 0.457 e. The number of benzene rings is 1. The monoisotopic (exact) mass is 511 g/mol. The second kappa shape index (κ2) is 10.0. The van der Waals surface area contributed by atoms with Gasteiger partial charge < -0.3 is 25.4 Å². The molecule has 1 amide bonds. The van der Waals surface area contributed by atoms with Gasteiger partial charge in [0.2, 0.25) is 5.91 Å². The van der Waals surface area contributed by atoms with Crippen LogP contribution < -0.4 is 5.32 Å². The molecular weight excluding hydrogens is 470 g/mol. The van der Waals surface area contributed by atoms with E-state index in [0.29, 0.717) is 19.3 Å². The first-order chi connectivity index (χ1) is 17.3. The van der Waals surface area contributed by atoms with E-state index in [1.807, 2.05) is 56.3 Å². The van der Waals surface area contributed by atoms with Crippen molar-refractivity contribution in [1.82, 2.24) is 5.32 Å². The van der Waals surface area contributed by atoms with Crippen LogP contribution in [0.5, 0.6) is 0 Å². The van der Waals surface area contributed by atoms with Gasteiger partial charge in [-0.25, -0.2) is 0 Å². The molecule has 4 rings (SSSR count). The van der Waals surface area contributed by atoms with E-state index in [0.717, 1.165) is 5.56 Å². The molecule has 202 valence electrons. The Morgan fingerprint density at radius 1 is 1.14 bits per heavy atom. The standard InChI is InChI=1S/C30H41NO6/c1-18-10-9-13-22-26(33)29(5,36)19(2)25-23(16-21-11-7-6-8-12-21)31-27(34)30(22,25)24(37-20(3)32)14-15-28(4,35)17-18/h6-9,11-15,18-19,22-26,33,35-36H,10,16-17H2,1-5H3,(H,31,34)/b13-9+,15-14+/t18-,19-,22-,23-,24+,25-,26-,28-,29-,30?/m0/s1. The number of hydrogen-bond acceptors (Lipinski definition) is 6. The topological polar surface area (TPSA) is 116 Å². The number of aliphatic hydroxyl groups excluding tert-OH is 1. The summed E-state index contributed by atoms with van der Waals surface area (Å²) in [6, 6.07) is 9.44. The lowest BCUT2D eigenvalue weighted by molar-refractivity contribution is -0.217. The van der Waals surface area contributed by atoms with Gasteiger partial charge in [0.05, 0.1) is 17.3 Å². The minimum absolute atomic E-state index is 0.122. The van der Waals surface area contributed by atoms with Gasteiger partial charge in [-0.15, -0.1) is 0 Å². The van der Waals surface area contributed by atoms with E-state index in [2.05, 4.69) is 5.32 Å². The molecule has 2 aliphatic carbocycles. The number of carbonyl (C=O) groups is 2. The third kappa shape index (κ3) is 4.89. The van der Waals surface area contributed by atoms with Gasteiger partial charge >= 0.3 is 5.97 Å². The summed E-state index contributed by atoms with van der Waals surface area (Å²) in [5, 5.41) is 37.5. The van der Waals surface area contributed by atoms with Crippen molar-refractivity contribution in [2.75, 3.05) is 0 Å². The summed E-state index contributed by atoms with van der Waals surface area (Å²) >= 11 is 0. The van der Waals surface area contributed by atoms with E-state index >= 15 is 0 Å². The van der Waals surface area contributed by atoms with Crippen molar-refractivity contribution in [2.24, 2.45) is 29.1 Å². The van der Waals surface area contributed by atoms with E-state index in [1.165, 1.54) is 6.92 Å². The number of allylic oxidation sites excluding steroid dienone is 1. The van der Waals surface area contributed by atoms with Crippen LogP contribution in [0.3, 0.4) is 0 Å². The Kier molecular flexibility index (Phi) is 7.45. The van der Waals surface area contributed by atoms with Crippen molar-refractivity contribution in [3.63, 3.8) is 0 Å². The first-order valence-electron chi connectivity index (χ1n) is 13.3. The predicted octanol–water partition coefficient (Wildman–Crippen LogP) is 2.93. The van der Waals surface area contributed by atoms with Gasteiger partial charge in [0, 0.05) is 24.8 Å². The van der Waals surface area contributed by atoms with Crippen molar-refractivity contribution in [3.8, 4) is 0 Å². The third-order valence-corrected chi connectivity index (χ3v) is 8.98. The molecule has 0 radical (unpaired) electrons. The Morgan fingerprint density at radius 2 is 1.81 bits per heavy atom. The molecule has 1 aromatic rings. The first-order valence-corrected chi connectivity index (χ1v) is 13.3. The quantitative estimate of drug-likeness (QED) is 0.366. The zero-order valence-corrected chi connectivity index (χ0v) is 22.4. The number of carbonyl (C=O) groups excluding carboxylic acids is 2. The fraction of sp³-hybridized carbons (Fsp3) is 0.600. The van der Waals surface area contributed by atoms with Gasteiger partial charge in [0.25, 0.3) is 0 Å². The summed E-state index contributed by atoms with van der Waals surface area (Å²) in [7, 11) is 0. The molecule has 2 fully saturated rings. The Labute approximate surface area is 219 Å². The van der Waals surface area contributed by atoms with Crippen LogP contribution in [0.4, 0.5) is 0 Å². The minimum atomic E-state index is -1.49. The normalized spacial score (nSPS) is 45.5. The van der Waals surface area contributed by atoms with Crippen LogP contribution in [0.15, 0.2) is 54.6 Å². The van der Waals surface area contributed by atoms with Gasteiger partial charge in [-0.3, -0.25) is 9.59 Å².